The number of fused-ring (bicyclic) bond motifs is 2. The Kier molecular flexibility index (Phi) is 4.05. The summed E-state index contributed by atoms with van der Waals surface area (Å²) in [5, 5.41) is 3.51. The first-order valence-electron chi connectivity index (χ1n) is 7.27. The van der Waals surface area contributed by atoms with E-state index in [-0.39, 0.29) is 5.75 Å². The molecule has 5 nitrogen and oxygen atoms in total. The van der Waals surface area contributed by atoms with Crippen molar-refractivity contribution < 1.29 is 8.42 Å². The van der Waals surface area contributed by atoms with Gasteiger partial charge < -0.3 is 5.32 Å². The van der Waals surface area contributed by atoms with Gasteiger partial charge in [-0.15, -0.1) is 0 Å². The average Bonchev–Trinajstić information content (AvgIpc) is 2.76. The van der Waals surface area contributed by atoms with Crippen LogP contribution in [-0.4, -0.2) is 48.6 Å². The van der Waals surface area contributed by atoms with Crippen LogP contribution in [0.2, 0.25) is 0 Å². The van der Waals surface area contributed by atoms with Crippen molar-refractivity contribution in [2.24, 2.45) is 0 Å². The van der Waals surface area contributed by atoms with Crippen molar-refractivity contribution in [1.82, 2.24) is 14.6 Å². The zero-order valence-electron chi connectivity index (χ0n) is 11.5. The molecule has 0 aliphatic carbocycles. The van der Waals surface area contributed by atoms with E-state index in [1.165, 1.54) is 6.42 Å². The van der Waals surface area contributed by atoms with Crippen LogP contribution in [0.5, 0.6) is 0 Å². The van der Waals surface area contributed by atoms with Gasteiger partial charge in [0.15, 0.2) is 0 Å². The van der Waals surface area contributed by atoms with Gasteiger partial charge in [-0.3, -0.25) is 4.98 Å². The molecule has 20 heavy (non-hydrogen) atoms. The van der Waals surface area contributed by atoms with Gasteiger partial charge in [0.25, 0.3) is 0 Å². The maximum Gasteiger partial charge on any atom is 0.214 e. The lowest BCUT2D eigenvalue weighted by Crippen LogP contribution is -2.40. The van der Waals surface area contributed by atoms with E-state index in [1.54, 1.807) is 10.5 Å². The summed E-state index contributed by atoms with van der Waals surface area (Å²) in [5.41, 5.74) is 0.838. The first-order valence-corrected chi connectivity index (χ1v) is 8.88. The molecule has 1 N–H and O–H groups in total. The molecular weight excluding hydrogens is 274 g/mol. The van der Waals surface area contributed by atoms with Gasteiger partial charge in [0.1, 0.15) is 0 Å². The molecular formula is C14H21N3O2S. The number of sulfonamides is 1. The molecule has 2 atom stereocenters. The summed E-state index contributed by atoms with van der Waals surface area (Å²) in [6.07, 6.45) is 5.40. The number of nitrogens with zero attached hydrogens (tertiary/aromatic N) is 2. The predicted molar refractivity (Wildman–Crippen MR) is 77.9 cm³/mol. The van der Waals surface area contributed by atoms with Crippen molar-refractivity contribution in [2.45, 2.75) is 37.8 Å². The van der Waals surface area contributed by atoms with Crippen LogP contribution in [0, 0.1) is 0 Å². The zero-order chi connectivity index (χ0) is 14.0. The fourth-order valence-corrected chi connectivity index (χ4v) is 4.59. The van der Waals surface area contributed by atoms with Gasteiger partial charge in [0.2, 0.25) is 10.0 Å². The highest BCUT2D eigenvalue weighted by Crippen LogP contribution is 2.22. The molecule has 0 radical (unpaired) electrons. The van der Waals surface area contributed by atoms with E-state index in [2.05, 4.69) is 10.3 Å². The van der Waals surface area contributed by atoms with Crippen molar-refractivity contribution in [3.05, 3.63) is 30.1 Å². The Labute approximate surface area is 120 Å². The Hall–Kier alpha value is -0.980. The number of pyridine rings is 1. The van der Waals surface area contributed by atoms with Crippen molar-refractivity contribution in [3.63, 3.8) is 0 Å². The lowest BCUT2D eigenvalue weighted by atomic mass is 10.1. The topological polar surface area (TPSA) is 62.3 Å². The lowest BCUT2D eigenvalue weighted by molar-refractivity contribution is 0.383. The first kappa shape index (κ1) is 14.0. The standard InChI is InChI=1S/C14H21N3O2S/c18-20(19,10-7-12-3-1-2-8-15-12)17-9-6-13-4-5-14(11-17)16-13/h1-3,8,13-14,16H,4-7,9-11H2. The van der Waals surface area contributed by atoms with Crippen LogP contribution < -0.4 is 5.32 Å². The van der Waals surface area contributed by atoms with Gasteiger partial charge in [-0.25, -0.2) is 12.7 Å². The van der Waals surface area contributed by atoms with E-state index in [0.717, 1.165) is 18.5 Å². The third-order valence-electron chi connectivity index (χ3n) is 4.22. The Bertz CT molecular complexity index is 547. The quantitative estimate of drug-likeness (QED) is 0.892. The van der Waals surface area contributed by atoms with Gasteiger partial charge in [0.05, 0.1) is 5.75 Å². The molecule has 110 valence electrons. The fraction of sp³-hybridized carbons (Fsp3) is 0.643. The van der Waals surface area contributed by atoms with Crippen LogP contribution in [0.15, 0.2) is 24.4 Å². The number of aromatic nitrogens is 1. The summed E-state index contributed by atoms with van der Waals surface area (Å²) in [5.74, 6) is 0.154. The maximum atomic E-state index is 12.5. The minimum Gasteiger partial charge on any atom is -0.310 e. The third-order valence-corrected chi connectivity index (χ3v) is 6.06. The summed E-state index contributed by atoms with van der Waals surface area (Å²) >= 11 is 0. The number of nitrogens with one attached hydrogen (secondary N) is 1. The van der Waals surface area contributed by atoms with Gasteiger partial charge in [-0.2, -0.15) is 0 Å². The van der Waals surface area contributed by atoms with Crippen molar-refractivity contribution in [1.29, 1.82) is 0 Å². The minimum absolute atomic E-state index is 0.154. The van der Waals surface area contributed by atoms with Crippen LogP contribution in [0.4, 0.5) is 0 Å². The lowest BCUT2D eigenvalue weighted by Gasteiger charge is -2.23. The molecule has 3 heterocycles. The number of aryl methyl sites for hydroxylation is 1. The minimum atomic E-state index is -3.17. The Morgan fingerprint density at radius 2 is 2.10 bits per heavy atom. The Balaban J connectivity index is 1.63. The molecule has 2 unspecified atom stereocenters. The van der Waals surface area contributed by atoms with Gasteiger partial charge in [0, 0.05) is 43.5 Å². The highest BCUT2D eigenvalue weighted by atomic mass is 32.2. The van der Waals surface area contributed by atoms with Crippen molar-refractivity contribution in [3.8, 4) is 0 Å². The van der Waals surface area contributed by atoms with Crippen LogP contribution in [0.1, 0.15) is 25.0 Å². The summed E-state index contributed by atoms with van der Waals surface area (Å²) in [6.45, 7) is 1.28. The van der Waals surface area contributed by atoms with E-state index in [4.69, 9.17) is 0 Å². The summed E-state index contributed by atoms with van der Waals surface area (Å²) in [6, 6.07) is 6.46. The smallest absolute Gasteiger partial charge is 0.214 e. The molecule has 0 amide bonds. The average molecular weight is 295 g/mol. The molecule has 2 aliphatic rings. The second-order valence-corrected chi connectivity index (χ2v) is 7.76. The molecule has 0 spiro atoms. The second kappa shape index (κ2) is 5.79. The van der Waals surface area contributed by atoms with Crippen LogP contribution in [-0.2, 0) is 16.4 Å². The summed E-state index contributed by atoms with van der Waals surface area (Å²) in [7, 11) is -3.17. The first-order chi connectivity index (χ1) is 9.63. The van der Waals surface area contributed by atoms with Crippen LogP contribution in [0.3, 0.4) is 0 Å². The van der Waals surface area contributed by atoms with E-state index in [9.17, 15) is 8.42 Å². The van der Waals surface area contributed by atoms with E-state index in [1.807, 2.05) is 18.2 Å². The molecule has 6 heteroatoms. The summed E-state index contributed by atoms with van der Waals surface area (Å²) in [4.78, 5) is 4.19. The van der Waals surface area contributed by atoms with Crippen LogP contribution >= 0.6 is 0 Å². The largest absolute Gasteiger partial charge is 0.310 e. The molecule has 0 saturated carbocycles. The van der Waals surface area contributed by atoms with E-state index >= 15 is 0 Å². The third kappa shape index (κ3) is 3.19. The van der Waals surface area contributed by atoms with Crippen LogP contribution in [0.25, 0.3) is 0 Å². The molecule has 1 aromatic heterocycles. The van der Waals surface area contributed by atoms with Gasteiger partial charge in [-0.1, -0.05) is 6.07 Å². The molecule has 2 fully saturated rings. The highest BCUT2D eigenvalue weighted by Gasteiger charge is 2.33. The second-order valence-electron chi connectivity index (χ2n) is 5.67. The molecule has 2 saturated heterocycles. The van der Waals surface area contributed by atoms with Crippen molar-refractivity contribution >= 4 is 10.0 Å². The van der Waals surface area contributed by atoms with Gasteiger partial charge >= 0.3 is 0 Å². The summed E-state index contributed by atoms with van der Waals surface area (Å²) < 4.78 is 26.6. The maximum absolute atomic E-state index is 12.5. The Morgan fingerprint density at radius 3 is 2.90 bits per heavy atom. The van der Waals surface area contributed by atoms with Gasteiger partial charge in [-0.05, 0) is 31.4 Å². The molecule has 2 aliphatic heterocycles. The SMILES string of the molecule is O=S(=O)(CCc1ccccn1)N1CCC2CCC(C1)N2. The molecule has 0 aromatic carbocycles. The van der Waals surface area contributed by atoms with E-state index < -0.39 is 10.0 Å². The normalized spacial score (nSPS) is 27.4. The monoisotopic (exact) mass is 295 g/mol. The molecule has 2 bridgehead atoms. The Morgan fingerprint density at radius 1 is 1.25 bits per heavy atom. The number of hydrogen-bond donors (Lipinski definition) is 1. The number of hydrogen-bond acceptors (Lipinski definition) is 4. The van der Waals surface area contributed by atoms with E-state index in [0.29, 0.717) is 31.6 Å². The fourth-order valence-electron chi connectivity index (χ4n) is 3.07. The van der Waals surface area contributed by atoms with Crippen molar-refractivity contribution in [2.75, 3.05) is 18.8 Å². The number of rotatable bonds is 4. The highest BCUT2D eigenvalue weighted by molar-refractivity contribution is 7.89. The molecule has 3 rings (SSSR count). The molecule has 1 aromatic rings. The predicted octanol–water partition coefficient (Wildman–Crippen LogP) is 0.780. The zero-order valence-corrected chi connectivity index (χ0v) is 12.3.